The zero-order valence-electron chi connectivity index (χ0n) is 15.0. The third-order valence-electron chi connectivity index (χ3n) is 4.31. The summed E-state index contributed by atoms with van der Waals surface area (Å²) in [7, 11) is 0. The maximum Gasteiger partial charge on any atom is 0.410 e. The van der Waals surface area contributed by atoms with Crippen molar-refractivity contribution in [2.75, 3.05) is 13.1 Å². The van der Waals surface area contributed by atoms with Crippen molar-refractivity contribution < 1.29 is 19.4 Å². The monoisotopic (exact) mass is 343 g/mol. The van der Waals surface area contributed by atoms with Gasteiger partial charge in [-0.1, -0.05) is 18.1 Å². The molecular formula is C20H25NO4. The first-order valence-corrected chi connectivity index (χ1v) is 8.46. The standard InChI is InChI=1S/C20H25NO4/c1-5-14-7-6-8-15(11-14)12-17(18(22)23)16-9-10-21(13-16)19(24)25-20(2,3)4/h1,6-8,11,16-17H,9-10,12-13H2,2-4H3,(H,22,23)/t16-,17+/m0/s1. The van der Waals surface area contributed by atoms with Gasteiger partial charge in [0.2, 0.25) is 0 Å². The molecule has 0 spiro atoms. The van der Waals surface area contributed by atoms with Crippen molar-refractivity contribution in [1.29, 1.82) is 0 Å². The molecular weight excluding hydrogens is 318 g/mol. The highest BCUT2D eigenvalue weighted by molar-refractivity contribution is 5.72. The summed E-state index contributed by atoms with van der Waals surface area (Å²) in [5, 5.41) is 9.66. The molecule has 0 aliphatic carbocycles. The van der Waals surface area contributed by atoms with Gasteiger partial charge < -0.3 is 14.7 Å². The Labute approximate surface area is 149 Å². The van der Waals surface area contributed by atoms with Crippen LogP contribution < -0.4 is 0 Å². The highest BCUT2D eigenvalue weighted by Gasteiger charge is 2.37. The molecule has 1 aromatic carbocycles. The lowest BCUT2D eigenvalue weighted by atomic mass is 9.86. The van der Waals surface area contributed by atoms with E-state index < -0.39 is 17.5 Å². The number of amides is 1. The van der Waals surface area contributed by atoms with Crippen LogP contribution in [0.3, 0.4) is 0 Å². The van der Waals surface area contributed by atoms with Gasteiger partial charge in [0.25, 0.3) is 0 Å². The van der Waals surface area contributed by atoms with E-state index in [-0.39, 0.29) is 12.0 Å². The Kier molecular flexibility index (Phi) is 5.73. The van der Waals surface area contributed by atoms with Crippen LogP contribution in [-0.2, 0) is 16.0 Å². The Morgan fingerprint density at radius 3 is 2.76 bits per heavy atom. The Hall–Kier alpha value is -2.48. The van der Waals surface area contributed by atoms with Crippen LogP contribution in [0, 0.1) is 24.2 Å². The van der Waals surface area contributed by atoms with Gasteiger partial charge in [0.15, 0.2) is 0 Å². The van der Waals surface area contributed by atoms with Crippen LogP contribution in [0.25, 0.3) is 0 Å². The second-order valence-corrected chi connectivity index (χ2v) is 7.47. The quantitative estimate of drug-likeness (QED) is 0.853. The Morgan fingerprint density at radius 1 is 1.44 bits per heavy atom. The fourth-order valence-corrected chi connectivity index (χ4v) is 3.11. The van der Waals surface area contributed by atoms with E-state index >= 15 is 0 Å². The number of hydrogen-bond acceptors (Lipinski definition) is 3. The second-order valence-electron chi connectivity index (χ2n) is 7.47. The van der Waals surface area contributed by atoms with Gasteiger partial charge in [0, 0.05) is 18.7 Å². The van der Waals surface area contributed by atoms with Crippen LogP contribution in [0.1, 0.15) is 38.3 Å². The van der Waals surface area contributed by atoms with Crippen LogP contribution in [0.15, 0.2) is 24.3 Å². The number of nitrogens with zero attached hydrogens (tertiary/aromatic N) is 1. The molecule has 0 bridgehead atoms. The number of carboxylic acid groups (broad SMARTS) is 1. The summed E-state index contributed by atoms with van der Waals surface area (Å²) in [6.07, 6.45) is 6.09. The van der Waals surface area contributed by atoms with Gasteiger partial charge in [-0.05, 0) is 57.2 Å². The van der Waals surface area contributed by atoms with Crippen LogP contribution in [0.4, 0.5) is 4.79 Å². The number of likely N-dealkylation sites (tertiary alicyclic amines) is 1. The number of rotatable bonds is 4. The van der Waals surface area contributed by atoms with Gasteiger partial charge in [-0.2, -0.15) is 0 Å². The predicted octanol–water partition coefficient (Wildman–Crippen LogP) is 3.17. The molecule has 1 heterocycles. The molecule has 5 nitrogen and oxygen atoms in total. The summed E-state index contributed by atoms with van der Waals surface area (Å²) < 4.78 is 5.38. The molecule has 0 unspecified atom stereocenters. The molecule has 5 heteroatoms. The first kappa shape index (κ1) is 18.9. The molecule has 25 heavy (non-hydrogen) atoms. The molecule has 1 aliphatic rings. The van der Waals surface area contributed by atoms with E-state index in [4.69, 9.17) is 11.2 Å². The third kappa shape index (κ3) is 5.25. The van der Waals surface area contributed by atoms with Crippen molar-refractivity contribution in [1.82, 2.24) is 4.90 Å². The number of benzene rings is 1. The van der Waals surface area contributed by atoms with Gasteiger partial charge in [-0.25, -0.2) is 4.79 Å². The molecule has 1 aliphatic heterocycles. The van der Waals surface area contributed by atoms with Crippen molar-refractivity contribution in [2.45, 2.75) is 39.2 Å². The summed E-state index contributed by atoms with van der Waals surface area (Å²) in [5.41, 5.74) is 1.08. The lowest BCUT2D eigenvalue weighted by Gasteiger charge is -2.25. The molecule has 1 fully saturated rings. The second kappa shape index (κ2) is 7.60. The van der Waals surface area contributed by atoms with Crippen molar-refractivity contribution in [3.05, 3.63) is 35.4 Å². The minimum Gasteiger partial charge on any atom is -0.481 e. The number of ether oxygens (including phenoxy) is 1. The van der Waals surface area contributed by atoms with E-state index in [0.717, 1.165) is 11.1 Å². The fraction of sp³-hybridized carbons (Fsp3) is 0.500. The van der Waals surface area contributed by atoms with Gasteiger partial charge >= 0.3 is 12.1 Å². The molecule has 2 atom stereocenters. The first-order valence-electron chi connectivity index (χ1n) is 8.46. The molecule has 1 N–H and O–H groups in total. The van der Waals surface area contributed by atoms with E-state index in [1.165, 1.54) is 0 Å². The minimum absolute atomic E-state index is 0.0977. The molecule has 1 aromatic rings. The van der Waals surface area contributed by atoms with Gasteiger partial charge in [0.1, 0.15) is 5.60 Å². The molecule has 0 aromatic heterocycles. The van der Waals surface area contributed by atoms with E-state index in [2.05, 4.69) is 5.92 Å². The Morgan fingerprint density at radius 2 is 2.16 bits per heavy atom. The first-order chi connectivity index (χ1) is 11.7. The lowest BCUT2D eigenvalue weighted by Crippen LogP contribution is -2.36. The summed E-state index contributed by atoms with van der Waals surface area (Å²) >= 11 is 0. The molecule has 1 saturated heterocycles. The summed E-state index contributed by atoms with van der Waals surface area (Å²) in [5.74, 6) is 1.07. The number of carbonyl (C=O) groups is 2. The topological polar surface area (TPSA) is 66.8 Å². The normalized spacial score (nSPS) is 18.5. The van der Waals surface area contributed by atoms with Crippen LogP contribution in [0.5, 0.6) is 0 Å². The van der Waals surface area contributed by atoms with Crippen molar-refractivity contribution in [3.63, 3.8) is 0 Å². The van der Waals surface area contributed by atoms with Gasteiger partial charge in [-0.15, -0.1) is 6.42 Å². The van der Waals surface area contributed by atoms with E-state index in [9.17, 15) is 14.7 Å². The summed E-state index contributed by atoms with van der Waals surface area (Å²) in [6, 6.07) is 7.39. The largest absolute Gasteiger partial charge is 0.481 e. The highest BCUT2D eigenvalue weighted by Crippen LogP contribution is 2.28. The highest BCUT2D eigenvalue weighted by atomic mass is 16.6. The molecule has 2 rings (SSSR count). The molecule has 1 amide bonds. The SMILES string of the molecule is C#Cc1cccc(C[C@@H](C(=O)O)[C@H]2CCN(C(=O)OC(C)(C)C)C2)c1. The smallest absolute Gasteiger partial charge is 0.410 e. The third-order valence-corrected chi connectivity index (χ3v) is 4.31. The zero-order chi connectivity index (χ0) is 18.6. The average Bonchev–Trinajstić information content (AvgIpc) is 3.00. The zero-order valence-corrected chi connectivity index (χ0v) is 15.0. The molecule has 0 saturated carbocycles. The number of terminal acetylenes is 1. The number of hydrogen-bond donors (Lipinski definition) is 1. The predicted molar refractivity (Wildman–Crippen MR) is 95.1 cm³/mol. The van der Waals surface area contributed by atoms with E-state index in [1.807, 2.05) is 45.0 Å². The van der Waals surface area contributed by atoms with Crippen LogP contribution >= 0.6 is 0 Å². The van der Waals surface area contributed by atoms with Crippen molar-refractivity contribution in [2.24, 2.45) is 11.8 Å². The number of carbonyl (C=O) groups excluding carboxylic acids is 1. The van der Waals surface area contributed by atoms with Crippen LogP contribution in [-0.4, -0.2) is 40.8 Å². The Balaban J connectivity index is 2.05. The Bertz CT molecular complexity index is 684. The number of aliphatic carboxylic acids is 1. The molecule has 0 radical (unpaired) electrons. The van der Waals surface area contributed by atoms with E-state index in [1.54, 1.807) is 4.90 Å². The van der Waals surface area contributed by atoms with Crippen molar-refractivity contribution in [3.8, 4) is 12.3 Å². The number of carboxylic acids is 1. The molecule has 134 valence electrons. The van der Waals surface area contributed by atoms with Crippen LogP contribution in [0.2, 0.25) is 0 Å². The summed E-state index contributed by atoms with van der Waals surface area (Å²) in [4.78, 5) is 25.6. The minimum atomic E-state index is -0.845. The summed E-state index contributed by atoms with van der Waals surface area (Å²) in [6.45, 7) is 6.37. The van der Waals surface area contributed by atoms with E-state index in [0.29, 0.717) is 25.9 Å². The van der Waals surface area contributed by atoms with Gasteiger partial charge in [0.05, 0.1) is 5.92 Å². The fourth-order valence-electron chi connectivity index (χ4n) is 3.11. The average molecular weight is 343 g/mol. The van der Waals surface area contributed by atoms with Gasteiger partial charge in [-0.3, -0.25) is 4.79 Å². The lowest BCUT2D eigenvalue weighted by molar-refractivity contribution is -0.143. The maximum absolute atomic E-state index is 12.2. The van der Waals surface area contributed by atoms with Crippen molar-refractivity contribution >= 4 is 12.1 Å². The maximum atomic E-state index is 12.2.